The van der Waals surface area contributed by atoms with Crippen LogP contribution < -0.4 is 11.1 Å². The molecule has 0 saturated carbocycles. The summed E-state index contributed by atoms with van der Waals surface area (Å²) in [5, 5.41) is 4.96. The fourth-order valence-corrected chi connectivity index (χ4v) is 3.28. The second-order valence-corrected chi connectivity index (χ2v) is 6.39. The van der Waals surface area contributed by atoms with Gasteiger partial charge >= 0.3 is 0 Å². The second-order valence-electron chi connectivity index (χ2n) is 5.41. The van der Waals surface area contributed by atoms with Crippen molar-refractivity contribution >= 4 is 23.2 Å². The number of likely N-dealkylation sites (tertiary alicyclic amines) is 1. The molecule has 2 amide bonds. The lowest BCUT2D eigenvalue weighted by Crippen LogP contribution is -2.48. The Labute approximate surface area is 129 Å². The highest BCUT2D eigenvalue weighted by Gasteiger charge is 2.27. The van der Waals surface area contributed by atoms with Crippen molar-refractivity contribution in [3.05, 3.63) is 22.4 Å². The molecule has 3 N–H and O–H groups in total. The third-order valence-corrected chi connectivity index (χ3v) is 4.72. The third kappa shape index (κ3) is 4.28. The number of carbonyl (C=O) groups excluding carboxylic acids is 2. The fraction of sp³-hybridized carbons (Fsp3) is 0.600. The van der Waals surface area contributed by atoms with Crippen LogP contribution in [0.25, 0.3) is 0 Å². The van der Waals surface area contributed by atoms with Gasteiger partial charge < -0.3 is 16.0 Å². The molecule has 2 rings (SSSR count). The average Bonchev–Trinajstić information content (AvgIpc) is 3.01. The summed E-state index contributed by atoms with van der Waals surface area (Å²) in [6.07, 6.45) is 3.04. The zero-order valence-corrected chi connectivity index (χ0v) is 13.2. The predicted octanol–water partition coefficient (Wildman–Crippen LogP) is 1.66. The summed E-state index contributed by atoms with van der Waals surface area (Å²) >= 11 is 1.51. The molecule has 0 spiro atoms. The highest BCUT2D eigenvalue weighted by atomic mass is 32.1. The van der Waals surface area contributed by atoms with E-state index < -0.39 is 6.04 Å². The van der Waals surface area contributed by atoms with Gasteiger partial charge in [0.1, 0.15) is 6.04 Å². The van der Waals surface area contributed by atoms with E-state index in [-0.39, 0.29) is 17.9 Å². The molecule has 21 heavy (non-hydrogen) atoms. The van der Waals surface area contributed by atoms with Crippen molar-refractivity contribution in [3.63, 3.8) is 0 Å². The Morgan fingerprint density at radius 1 is 1.48 bits per heavy atom. The van der Waals surface area contributed by atoms with Crippen LogP contribution in [-0.4, -0.2) is 35.8 Å². The SMILES string of the molecule is CCCC(=O)NC1CCN(C(=O)C(N)c2cccs2)CC1. The van der Waals surface area contributed by atoms with E-state index in [1.165, 1.54) is 11.3 Å². The van der Waals surface area contributed by atoms with Crippen molar-refractivity contribution in [2.45, 2.75) is 44.7 Å². The Morgan fingerprint density at radius 3 is 2.76 bits per heavy atom. The van der Waals surface area contributed by atoms with Crippen LogP contribution in [0.1, 0.15) is 43.5 Å². The molecule has 0 radical (unpaired) electrons. The van der Waals surface area contributed by atoms with E-state index in [1.54, 1.807) is 0 Å². The van der Waals surface area contributed by atoms with Crippen molar-refractivity contribution < 1.29 is 9.59 Å². The molecule has 1 saturated heterocycles. The van der Waals surface area contributed by atoms with Gasteiger partial charge in [-0.15, -0.1) is 11.3 Å². The van der Waals surface area contributed by atoms with Gasteiger partial charge in [-0.2, -0.15) is 0 Å². The zero-order chi connectivity index (χ0) is 15.2. The quantitative estimate of drug-likeness (QED) is 0.868. The number of rotatable bonds is 5. The molecule has 0 aliphatic carbocycles. The molecule has 1 atom stereocenters. The number of nitrogens with two attached hydrogens (primary N) is 1. The van der Waals surface area contributed by atoms with Crippen LogP contribution in [-0.2, 0) is 9.59 Å². The minimum Gasteiger partial charge on any atom is -0.353 e. The Morgan fingerprint density at radius 2 is 2.19 bits per heavy atom. The molecule has 1 aliphatic rings. The molecule has 0 aromatic carbocycles. The lowest BCUT2D eigenvalue weighted by molar-refractivity contribution is -0.133. The molecular weight excluding hydrogens is 286 g/mol. The van der Waals surface area contributed by atoms with E-state index in [0.29, 0.717) is 19.5 Å². The standard InChI is InChI=1S/C15H23N3O2S/c1-2-4-13(19)17-11-6-8-18(9-7-11)15(20)14(16)12-5-3-10-21-12/h3,5,10-11,14H,2,4,6-9,16H2,1H3,(H,17,19). The topological polar surface area (TPSA) is 75.4 Å². The van der Waals surface area contributed by atoms with Crippen LogP contribution in [0.4, 0.5) is 0 Å². The number of nitrogens with zero attached hydrogens (tertiary/aromatic N) is 1. The van der Waals surface area contributed by atoms with Crippen LogP contribution in [0.15, 0.2) is 17.5 Å². The smallest absolute Gasteiger partial charge is 0.244 e. The largest absolute Gasteiger partial charge is 0.353 e. The van der Waals surface area contributed by atoms with Crippen LogP contribution in [0, 0.1) is 0 Å². The average molecular weight is 309 g/mol. The van der Waals surface area contributed by atoms with Gasteiger partial charge in [0.15, 0.2) is 0 Å². The lowest BCUT2D eigenvalue weighted by Gasteiger charge is -2.33. The molecular formula is C15H23N3O2S. The maximum Gasteiger partial charge on any atom is 0.244 e. The van der Waals surface area contributed by atoms with Crippen molar-refractivity contribution in [3.8, 4) is 0 Å². The molecule has 2 heterocycles. The van der Waals surface area contributed by atoms with Crippen LogP contribution in [0.2, 0.25) is 0 Å². The first-order valence-corrected chi connectivity index (χ1v) is 8.37. The summed E-state index contributed by atoms with van der Waals surface area (Å²) in [5.74, 6) is 0.0911. The number of piperidine rings is 1. The molecule has 1 fully saturated rings. The summed E-state index contributed by atoms with van der Waals surface area (Å²) in [6.45, 7) is 3.32. The van der Waals surface area contributed by atoms with Gasteiger partial charge in [-0.3, -0.25) is 9.59 Å². The monoisotopic (exact) mass is 309 g/mol. The van der Waals surface area contributed by atoms with E-state index >= 15 is 0 Å². The predicted molar refractivity (Wildman–Crippen MR) is 83.9 cm³/mol. The van der Waals surface area contributed by atoms with Gasteiger partial charge in [0.25, 0.3) is 0 Å². The maximum atomic E-state index is 12.3. The number of carbonyl (C=O) groups is 2. The van der Waals surface area contributed by atoms with Crippen molar-refractivity contribution in [1.82, 2.24) is 10.2 Å². The van der Waals surface area contributed by atoms with Crippen LogP contribution in [0.3, 0.4) is 0 Å². The minimum atomic E-state index is -0.559. The fourth-order valence-electron chi connectivity index (χ4n) is 2.56. The first kappa shape index (κ1) is 16.0. The Kier molecular flexibility index (Phi) is 5.76. The summed E-state index contributed by atoms with van der Waals surface area (Å²) in [7, 11) is 0. The summed E-state index contributed by atoms with van der Waals surface area (Å²) in [6, 6.07) is 3.43. The molecule has 6 heteroatoms. The van der Waals surface area contributed by atoms with Crippen LogP contribution in [0.5, 0.6) is 0 Å². The molecule has 1 aliphatic heterocycles. The van der Waals surface area contributed by atoms with E-state index in [0.717, 1.165) is 24.1 Å². The van der Waals surface area contributed by atoms with Crippen molar-refractivity contribution in [1.29, 1.82) is 0 Å². The van der Waals surface area contributed by atoms with Crippen molar-refractivity contribution in [2.24, 2.45) is 5.73 Å². The zero-order valence-electron chi connectivity index (χ0n) is 12.4. The highest BCUT2D eigenvalue weighted by Crippen LogP contribution is 2.21. The normalized spacial score (nSPS) is 17.5. The molecule has 1 unspecified atom stereocenters. The highest BCUT2D eigenvalue weighted by molar-refractivity contribution is 7.10. The summed E-state index contributed by atoms with van der Waals surface area (Å²) in [4.78, 5) is 26.6. The van der Waals surface area contributed by atoms with Gasteiger partial charge in [-0.05, 0) is 30.7 Å². The Hall–Kier alpha value is -1.40. The molecule has 116 valence electrons. The lowest BCUT2D eigenvalue weighted by atomic mass is 10.0. The van der Waals surface area contributed by atoms with E-state index in [4.69, 9.17) is 5.73 Å². The number of amides is 2. The second kappa shape index (κ2) is 7.56. The molecule has 1 aromatic heterocycles. The Balaban J connectivity index is 1.81. The molecule has 0 bridgehead atoms. The van der Waals surface area contributed by atoms with E-state index in [1.807, 2.05) is 29.3 Å². The van der Waals surface area contributed by atoms with Gasteiger partial charge in [0.05, 0.1) is 0 Å². The van der Waals surface area contributed by atoms with Gasteiger partial charge in [-0.1, -0.05) is 13.0 Å². The molecule has 1 aromatic rings. The van der Waals surface area contributed by atoms with E-state index in [9.17, 15) is 9.59 Å². The summed E-state index contributed by atoms with van der Waals surface area (Å²) in [5.41, 5.74) is 6.02. The number of hydrogen-bond donors (Lipinski definition) is 2. The first-order chi connectivity index (χ1) is 10.1. The number of thiophene rings is 1. The van der Waals surface area contributed by atoms with Crippen molar-refractivity contribution in [2.75, 3.05) is 13.1 Å². The summed E-state index contributed by atoms with van der Waals surface area (Å²) < 4.78 is 0. The minimum absolute atomic E-state index is 0.0178. The van der Waals surface area contributed by atoms with Gasteiger partial charge in [0.2, 0.25) is 11.8 Å². The van der Waals surface area contributed by atoms with Gasteiger partial charge in [-0.25, -0.2) is 0 Å². The third-order valence-electron chi connectivity index (χ3n) is 3.76. The van der Waals surface area contributed by atoms with E-state index in [2.05, 4.69) is 5.32 Å². The number of hydrogen-bond acceptors (Lipinski definition) is 4. The molecule has 5 nitrogen and oxygen atoms in total. The Bertz CT molecular complexity index is 467. The van der Waals surface area contributed by atoms with Gasteiger partial charge in [0, 0.05) is 30.4 Å². The first-order valence-electron chi connectivity index (χ1n) is 7.49. The van der Waals surface area contributed by atoms with Crippen LogP contribution >= 0.6 is 11.3 Å². The number of nitrogens with one attached hydrogen (secondary N) is 1. The maximum absolute atomic E-state index is 12.3.